The van der Waals surface area contributed by atoms with Crippen LogP contribution in [0.5, 0.6) is 11.5 Å². The number of benzene rings is 2. The molecule has 0 radical (unpaired) electrons. The van der Waals surface area contributed by atoms with Crippen LogP contribution in [0.15, 0.2) is 53.6 Å². The van der Waals surface area contributed by atoms with E-state index in [9.17, 15) is 18.0 Å². The Bertz CT molecular complexity index is 1360. The van der Waals surface area contributed by atoms with Crippen LogP contribution in [0.1, 0.15) is 5.56 Å². The van der Waals surface area contributed by atoms with Crippen molar-refractivity contribution in [1.29, 1.82) is 0 Å². The number of aromatic amines is 1. The zero-order chi connectivity index (χ0) is 25.7. The van der Waals surface area contributed by atoms with E-state index in [2.05, 4.69) is 15.6 Å². The van der Waals surface area contributed by atoms with E-state index >= 15 is 0 Å². The van der Waals surface area contributed by atoms with Gasteiger partial charge in [0.25, 0.3) is 0 Å². The molecule has 11 nitrogen and oxygen atoms in total. The Balaban J connectivity index is 1.31. The van der Waals surface area contributed by atoms with Crippen molar-refractivity contribution in [3.8, 4) is 11.5 Å². The Morgan fingerprint density at radius 3 is 2.61 bits per heavy atom. The number of rotatable bonds is 9. The summed E-state index contributed by atoms with van der Waals surface area (Å²) in [6.45, 7) is 0.354. The molecular weight excluding hydrogens is 488 g/mol. The van der Waals surface area contributed by atoms with Crippen molar-refractivity contribution >= 4 is 32.7 Å². The Labute approximate surface area is 208 Å². The molecule has 1 fully saturated rings. The monoisotopic (exact) mass is 516 g/mol. The van der Waals surface area contributed by atoms with E-state index in [-0.39, 0.29) is 36.9 Å². The molecule has 1 aliphatic rings. The van der Waals surface area contributed by atoms with Gasteiger partial charge < -0.3 is 29.8 Å². The van der Waals surface area contributed by atoms with Crippen LogP contribution < -0.4 is 20.1 Å². The largest absolute Gasteiger partial charge is 0.493 e. The minimum Gasteiger partial charge on any atom is -0.493 e. The molecule has 2 amide bonds. The zero-order valence-corrected chi connectivity index (χ0v) is 20.8. The van der Waals surface area contributed by atoms with E-state index in [0.717, 1.165) is 20.8 Å². The van der Waals surface area contributed by atoms with Crippen LogP contribution in [-0.4, -0.2) is 76.2 Å². The maximum absolute atomic E-state index is 13.2. The second kappa shape index (κ2) is 11.0. The summed E-state index contributed by atoms with van der Waals surface area (Å²) in [5, 5.41) is 6.11. The third-order valence-corrected chi connectivity index (χ3v) is 7.79. The van der Waals surface area contributed by atoms with Gasteiger partial charge in [-0.15, -0.1) is 0 Å². The van der Waals surface area contributed by atoms with Crippen molar-refractivity contribution in [2.45, 2.75) is 17.5 Å². The molecule has 3 aromatic rings. The lowest BCUT2D eigenvalue weighted by atomic mass is 10.1. The first-order chi connectivity index (χ1) is 17.3. The molecule has 1 atom stereocenters. The van der Waals surface area contributed by atoms with Gasteiger partial charge in [-0.1, -0.05) is 18.2 Å². The highest BCUT2D eigenvalue weighted by molar-refractivity contribution is 7.89. The second-order valence-electron chi connectivity index (χ2n) is 8.03. The molecule has 1 saturated heterocycles. The van der Waals surface area contributed by atoms with Gasteiger partial charge in [-0.25, -0.2) is 8.42 Å². The van der Waals surface area contributed by atoms with Gasteiger partial charge in [0.2, 0.25) is 10.0 Å². The fourth-order valence-electron chi connectivity index (χ4n) is 4.04. The number of nitrogens with one attached hydrogen (secondary N) is 3. The molecule has 2 aromatic carbocycles. The van der Waals surface area contributed by atoms with E-state index in [1.54, 1.807) is 0 Å². The Morgan fingerprint density at radius 2 is 1.83 bits per heavy atom. The van der Waals surface area contributed by atoms with Crippen molar-refractivity contribution in [2.24, 2.45) is 0 Å². The lowest BCUT2D eigenvalue weighted by molar-refractivity contribution is -0.139. The second-order valence-corrected chi connectivity index (χ2v) is 9.92. The highest BCUT2D eigenvalue weighted by Crippen LogP contribution is 2.31. The van der Waals surface area contributed by atoms with Crippen molar-refractivity contribution in [3.05, 3.63) is 54.2 Å². The van der Waals surface area contributed by atoms with Crippen LogP contribution in [0.3, 0.4) is 0 Å². The first-order valence-electron chi connectivity index (χ1n) is 11.3. The number of sulfonamides is 1. The fraction of sp³-hybridized carbons (Fsp3) is 0.333. The van der Waals surface area contributed by atoms with Crippen LogP contribution in [0, 0.1) is 0 Å². The van der Waals surface area contributed by atoms with Crippen LogP contribution in [0.4, 0.5) is 0 Å². The van der Waals surface area contributed by atoms with Gasteiger partial charge >= 0.3 is 11.8 Å². The standard InChI is InChI=1S/C24H28N4O7S/c1-33-20-8-7-17(13-21(20)34-2)36(31,32)28-11-12-35-22(28)15-27-24(30)23(29)25-10-9-16-14-26-19-6-4-3-5-18(16)19/h3-8,13-14,22,26H,9-12,15H2,1-2H3,(H,25,29)(H,27,30)/t22-/m1/s1. The molecule has 1 aliphatic heterocycles. The molecule has 3 N–H and O–H groups in total. The summed E-state index contributed by atoms with van der Waals surface area (Å²) in [4.78, 5) is 27.7. The van der Waals surface area contributed by atoms with E-state index in [1.165, 1.54) is 32.4 Å². The number of hydrogen-bond acceptors (Lipinski definition) is 7. The smallest absolute Gasteiger partial charge is 0.309 e. The Hall–Kier alpha value is -3.61. The minimum absolute atomic E-state index is 0.00278. The van der Waals surface area contributed by atoms with Crippen LogP contribution >= 0.6 is 0 Å². The predicted molar refractivity (Wildman–Crippen MR) is 131 cm³/mol. The van der Waals surface area contributed by atoms with Crippen molar-refractivity contribution in [3.63, 3.8) is 0 Å². The number of carbonyl (C=O) groups excluding carboxylic acids is 2. The van der Waals surface area contributed by atoms with Crippen molar-refractivity contribution in [2.75, 3.05) is 40.5 Å². The molecule has 36 heavy (non-hydrogen) atoms. The first-order valence-corrected chi connectivity index (χ1v) is 12.8. The Morgan fingerprint density at radius 1 is 1.08 bits per heavy atom. The summed E-state index contributed by atoms with van der Waals surface area (Å²) in [6.07, 6.45) is 1.47. The fourth-order valence-corrected chi connectivity index (χ4v) is 5.57. The zero-order valence-electron chi connectivity index (χ0n) is 19.9. The molecule has 192 valence electrons. The number of para-hydroxylation sites is 1. The lowest BCUT2D eigenvalue weighted by Crippen LogP contribution is -2.47. The summed E-state index contributed by atoms with van der Waals surface area (Å²) in [5.74, 6) is -1.00. The number of ether oxygens (including phenoxy) is 3. The summed E-state index contributed by atoms with van der Waals surface area (Å²) in [6, 6.07) is 12.1. The summed E-state index contributed by atoms with van der Waals surface area (Å²) in [7, 11) is -1.08. The van der Waals surface area contributed by atoms with E-state index in [1.807, 2.05) is 30.5 Å². The highest BCUT2D eigenvalue weighted by atomic mass is 32.2. The molecule has 0 saturated carbocycles. The van der Waals surface area contributed by atoms with Crippen molar-refractivity contribution < 1.29 is 32.2 Å². The Kier molecular flexibility index (Phi) is 7.77. The minimum atomic E-state index is -3.95. The number of nitrogens with zero attached hydrogens (tertiary/aromatic N) is 1. The molecule has 0 aliphatic carbocycles. The number of H-pyrrole nitrogens is 1. The predicted octanol–water partition coefficient (Wildman–Crippen LogP) is 1.01. The van der Waals surface area contributed by atoms with Crippen LogP contribution in [-0.2, 0) is 30.8 Å². The first kappa shape index (κ1) is 25.5. The maximum atomic E-state index is 13.2. The normalized spacial score (nSPS) is 16.1. The number of amides is 2. The topological polar surface area (TPSA) is 139 Å². The maximum Gasteiger partial charge on any atom is 0.309 e. The van der Waals surface area contributed by atoms with E-state index in [0.29, 0.717) is 12.2 Å². The van der Waals surface area contributed by atoms with Gasteiger partial charge in [-0.2, -0.15) is 4.31 Å². The molecule has 0 spiro atoms. The number of carbonyl (C=O) groups is 2. The quantitative estimate of drug-likeness (QED) is 0.361. The van der Waals surface area contributed by atoms with Crippen molar-refractivity contribution in [1.82, 2.24) is 19.9 Å². The van der Waals surface area contributed by atoms with Gasteiger partial charge in [0, 0.05) is 36.3 Å². The molecule has 12 heteroatoms. The molecule has 0 bridgehead atoms. The molecule has 4 rings (SSSR count). The summed E-state index contributed by atoms with van der Waals surface area (Å²) < 4.78 is 43.4. The van der Waals surface area contributed by atoms with Crippen LogP contribution in [0.25, 0.3) is 10.9 Å². The number of fused-ring (bicyclic) bond motifs is 1. The van der Waals surface area contributed by atoms with Gasteiger partial charge in [-0.05, 0) is 30.2 Å². The molecule has 0 unspecified atom stereocenters. The number of hydrogen-bond donors (Lipinski definition) is 3. The number of aromatic nitrogens is 1. The highest BCUT2D eigenvalue weighted by Gasteiger charge is 2.37. The van der Waals surface area contributed by atoms with Gasteiger partial charge in [0.05, 0.1) is 32.3 Å². The average Bonchev–Trinajstić information content (AvgIpc) is 3.54. The van der Waals surface area contributed by atoms with E-state index < -0.39 is 28.1 Å². The molecule has 1 aromatic heterocycles. The van der Waals surface area contributed by atoms with E-state index in [4.69, 9.17) is 14.2 Å². The van der Waals surface area contributed by atoms with Crippen LogP contribution in [0.2, 0.25) is 0 Å². The third-order valence-electron chi connectivity index (χ3n) is 5.90. The van der Waals surface area contributed by atoms with Gasteiger partial charge in [-0.3, -0.25) is 9.59 Å². The summed E-state index contributed by atoms with van der Waals surface area (Å²) >= 11 is 0. The summed E-state index contributed by atoms with van der Waals surface area (Å²) in [5.41, 5.74) is 2.03. The number of methoxy groups -OCH3 is 2. The van der Waals surface area contributed by atoms with Gasteiger partial charge in [0.1, 0.15) is 6.23 Å². The molecule has 2 heterocycles. The lowest BCUT2D eigenvalue weighted by Gasteiger charge is -2.23. The molecular formula is C24H28N4O7S. The SMILES string of the molecule is COc1ccc(S(=O)(=O)N2CCO[C@@H]2CNC(=O)C(=O)NCCc2c[nH]c3ccccc23)cc1OC. The third kappa shape index (κ3) is 5.30. The van der Waals surface area contributed by atoms with Gasteiger partial charge in [0.15, 0.2) is 11.5 Å². The average molecular weight is 517 g/mol.